The van der Waals surface area contributed by atoms with Gasteiger partial charge in [0.15, 0.2) is 0 Å². The number of hydrogen-bond donors (Lipinski definition) is 2. The van der Waals surface area contributed by atoms with Crippen molar-refractivity contribution in [2.45, 2.75) is 39.2 Å². The maximum Gasteiger partial charge on any atom is 0.315 e. The van der Waals surface area contributed by atoms with Gasteiger partial charge >= 0.3 is 5.69 Å². The molecule has 1 aromatic rings. The predicted molar refractivity (Wildman–Crippen MR) is 77.7 cm³/mol. The molecule has 1 aromatic carbocycles. The van der Waals surface area contributed by atoms with E-state index in [2.05, 4.69) is 17.6 Å². The molecule has 0 saturated heterocycles. The predicted octanol–water partition coefficient (Wildman–Crippen LogP) is 3.63. The number of nitrogens with one attached hydrogen (secondary N) is 2. The Morgan fingerprint density at radius 2 is 2.11 bits per heavy atom. The summed E-state index contributed by atoms with van der Waals surface area (Å²) in [6.07, 6.45) is 3.48. The van der Waals surface area contributed by atoms with Gasteiger partial charge in [0.1, 0.15) is 11.4 Å². The lowest BCUT2D eigenvalue weighted by Gasteiger charge is -2.10. The average molecular weight is 263 g/mol. The van der Waals surface area contributed by atoms with E-state index in [0.717, 1.165) is 6.42 Å². The number of hydrogen-bond acceptors (Lipinski definition) is 4. The number of anilines is 2. The fraction of sp³-hybridized carbons (Fsp3) is 0.571. The Bertz CT molecular complexity index is 462. The van der Waals surface area contributed by atoms with Crippen LogP contribution in [0.4, 0.5) is 17.1 Å². The highest BCUT2D eigenvalue weighted by Crippen LogP contribution is 2.41. The van der Waals surface area contributed by atoms with Gasteiger partial charge in [0.25, 0.3) is 0 Å². The zero-order valence-corrected chi connectivity index (χ0v) is 11.5. The lowest BCUT2D eigenvalue weighted by molar-refractivity contribution is -0.383. The normalized spacial score (nSPS) is 20.9. The molecule has 0 heterocycles. The lowest BCUT2D eigenvalue weighted by atomic mass is 10.2. The van der Waals surface area contributed by atoms with Crippen LogP contribution < -0.4 is 10.6 Å². The van der Waals surface area contributed by atoms with Crippen LogP contribution in [0.1, 0.15) is 33.1 Å². The molecule has 19 heavy (non-hydrogen) atoms. The molecule has 0 spiro atoms. The summed E-state index contributed by atoms with van der Waals surface area (Å²) in [6, 6.07) is 5.80. The van der Waals surface area contributed by atoms with Crippen LogP contribution in [0.3, 0.4) is 0 Å². The van der Waals surface area contributed by atoms with E-state index in [-0.39, 0.29) is 10.6 Å². The van der Waals surface area contributed by atoms with E-state index >= 15 is 0 Å². The maximum absolute atomic E-state index is 11.3. The number of nitrogens with zero attached hydrogens (tertiary/aromatic N) is 1. The van der Waals surface area contributed by atoms with Crippen molar-refractivity contribution in [2.75, 3.05) is 17.2 Å². The Morgan fingerprint density at radius 3 is 2.74 bits per heavy atom. The monoisotopic (exact) mass is 263 g/mol. The number of nitro groups is 1. The Hall–Kier alpha value is -1.78. The first-order valence-corrected chi connectivity index (χ1v) is 6.95. The van der Waals surface area contributed by atoms with Crippen LogP contribution in [-0.4, -0.2) is 17.5 Å². The minimum absolute atomic E-state index is 0.159. The second-order valence-corrected chi connectivity index (χ2v) is 5.02. The molecule has 1 aliphatic carbocycles. The van der Waals surface area contributed by atoms with Crippen LogP contribution in [-0.2, 0) is 0 Å². The van der Waals surface area contributed by atoms with Gasteiger partial charge in [-0.05, 0) is 37.8 Å². The highest BCUT2D eigenvalue weighted by molar-refractivity contribution is 5.76. The molecule has 2 N–H and O–H groups in total. The molecule has 2 atom stereocenters. The van der Waals surface area contributed by atoms with Gasteiger partial charge in [0, 0.05) is 12.6 Å². The Labute approximate surface area is 113 Å². The third-order valence-corrected chi connectivity index (χ3v) is 3.51. The van der Waals surface area contributed by atoms with Gasteiger partial charge in [0.05, 0.1) is 4.92 Å². The fourth-order valence-electron chi connectivity index (χ4n) is 2.50. The average Bonchev–Trinajstić information content (AvgIpc) is 3.08. The summed E-state index contributed by atoms with van der Waals surface area (Å²) in [7, 11) is 0. The van der Waals surface area contributed by atoms with Crippen molar-refractivity contribution in [1.82, 2.24) is 0 Å². The molecule has 0 aromatic heterocycles. The van der Waals surface area contributed by atoms with Gasteiger partial charge in [-0.25, -0.2) is 0 Å². The van der Waals surface area contributed by atoms with E-state index in [0.29, 0.717) is 29.9 Å². The molecule has 5 nitrogen and oxygen atoms in total. The molecule has 1 fully saturated rings. The Morgan fingerprint density at radius 1 is 1.37 bits per heavy atom. The van der Waals surface area contributed by atoms with E-state index in [4.69, 9.17) is 0 Å². The third-order valence-electron chi connectivity index (χ3n) is 3.51. The summed E-state index contributed by atoms with van der Waals surface area (Å²) >= 11 is 0. The fourth-order valence-corrected chi connectivity index (χ4v) is 2.50. The summed E-state index contributed by atoms with van der Waals surface area (Å²) in [6.45, 7) is 4.78. The molecular formula is C14H21N3O2. The van der Waals surface area contributed by atoms with Gasteiger partial charge < -0.3 is 10.6 Å². The zero-order chi connectivity index (χ0) is 13.8. The van der Waals surface area contributed by atoms with Crippen molar-refractivity contribution in [1.29, 1.82) is 0 Å². The topological polar surface area (TPSA) is 67.2 Å². The van der Waals surface area contributed by atoms with Gasteiger partial charge in [-0.1, -0.05) is 19.4 Å². The van der Waals surface area contributed by atoms with Crippen LogP contribution in [0.2, 0.25) is 0 Å². The van der Waals surface area contributed by atoms with Crippen LogP contribution in [0.25, 0.3) is 0 Å². The van der Waals surface area contributed by atoms with Crippen LogP contribution in [0.15, 0.2) is 18.2 Å². The summed E-state index contributed by atoms with van der Waals surface area (Å²) in [4.78, 5) is 10.9. The third kappa shape index (κ3) is 3.16. The summed E-state index contributed by atoms with van der Waals surface area (Å²) < 4.78 is 0. The number of para-hydroxylation sites is 1. The second-order valence-electron chi connectivity index (χ2n) is 5.02. The minimum Gasteiger partial charge on any atom is -0.380 e. The minimum atomic E-state index is -0.308. The quantitative estimate of drug-likeness (QED) is 0.582. The van der Waals surface area contributed by atoms with Crippen molar-refractivity contribution >= 4 is 17.1 Å². The van der Waals surface area contributed by atoms with E-state index in [1.165, 1.54) is 12.8 Å². The lowest BCUT2D eigenvalue weighted by Crippen LogP contribution is -2.09. The van der Waals surface area contributed by atoms with E-state index in [1.807, 2.05) is 13.0 Å². The number of rotatable bonds is 7. The van der Waals surface area contributed by atoms with Gasteiger partial charge in [-0.15, -0.1) is 0 Å². The summed E-state index contributed by atoms with van der Waals surface area (Å²) in [5.41, 5.74) is 1.38. The number of benzene rings is 1. The van der Waals surface area contributed by atoms with E-state index in [1.54, 1.807) is 12.1 Å². The van der Waals surface area contributed by atoms with Crippen molar-refractivity contribution in [3.05, 3.63) is 28.3 Å². The van der Waals surface area contributed by atoms with Crippen molar-refractivity contribution in [3.63, 3.8) is 0 Å². The Balaban J connectivity index is 2.15. The Kier molecular flexibility index (Phi) is 4.24. The zero-order valence-electron chi connectivity index (χ0n) is 11.5. The molecule has 0 radical (unpaired) electrons. The highest BCUT2D eigenvalue weighted by Gasteiger charge is 2.37. The number of nitro benzene ring substituents is 1. The standard InChI is InChI=1S/C14H21N3O2/c1-3-6-10-9-13(10)16-12-8-5-7-11(15-4-2)14(12)17(18)19/h5,7-8,10,13,15-16H,3-4,6,9H2,1-2H3. The second kappa shape index (κ2) is 5.91. The maximum atomic E-state index is 11.3. The molecule has 0 bridgehead atoms. The molecule has 2 unspecified atom stereocenters. The first kappa shape index (κ1) is 13.6. The summed E-state index contributed by atoms with van der Waals surface area (Å²) in [5.74, 6) is 0.674. The molecule has 1 saturated carbocycles. The van der Waals surface area contributed by atoms with Crippen molar-refractivity contribution in [2.24, 2.45) is 5.92 Å². The van der Waals surface area contributed by atoms with Gasteiger partial charge in [-0.2, -0.15) is 0 Å². The molecule has 1 aliphatic rings. The summed E-state index contributed by atoms with van der Waals surface area (Å²) in [5, 5.41) is 17.6. The molecule has 0 amide bonds. The smallest absolute Gasteiger partial charge is 0.315 e. The first-order chi connectivity index (χ1) is 9.17. The van der Waals surface area contributed by atoms with E-state index in [9.17, 15) is 10.1 Å². The largest absolute Gasteiger partial charge is 0.380 e. The highest BCUT2D eigenvalue weighted by atomic mass is 16.6. The molecule has 2 rings (SSSR count). The molecule has 5 heteroatoms. The van der Waals surface area contributed by atoms with Crippen molar-refractivity contribution in [3.8, 4) is 0 Å². The molecule has 0 aliphatic heterocycles. The van der Waals surface area contributed by atoms with Gasteiger partial charge in [-0.3, -0.25) is 10.1 Å². The van der Waals surface area contributed by atoms with Gasteiger partial charge in [0.2, 0.25) is 0 Å². The SMILES string of the molecule is CCCC1CC1Nc1cccc(NCC)c1[N+](=O)[O-]. The van der Waals surface area contributed by atoms with Crippen LogP contribution >= 0.6 is 0 Å². The van der Waals surface area contributed by atoms with Crippen molar-refractivity contribution < 1.29 is 4.92 Å². The molecular weight excluding hydrogens is 242 g/mol. The van der Waals surface area contributed by atoms with E-state index < -0.39 is 0 Å². The molecule has 104 valence electrons. The first-order valence-electron chi connectivity index (χ1n) is 6.95. The van der Waals surface area contributed by atoms with Crippen LogP contribution in [0.5, 0.6) is 0 Å². The van der Waals surface area contributed by atoms with Crippen LogP contribution in [0, 0.1) is 16.0 Å².